The molecule has 0 unspecified atom stereocenters. The molecule has 0 aliphatic heterocycles. The van der Waals surface area contributed by atoms with Crippen LogP contribution in [0.4, 0.5) is 8.78 Å². The minimum Gasteiger partial charge on any atom is -0.549 e. The summed E-state index contributed by atoms with van der Waals surface area (Å²) in [4.78, 5) is 12.6. The Labute approximate surface area is 175 Å². The van der Waals surface area contributed by atoms with Gasteiger partial charge in [-0.05, 0) is 66.8 Å². The molecule has 0 saturated heterocycles. The molecule has 4 nitrogen and oxygen atoms in total. The maximum atomic E-state index is 13.9. The molecular formula is C21H22F2LiNO3. The Bertz CT molecular complexity index is 846. The standard InChI is InChI=1S/C21H23F2NO3.Li/c1-24(12-20(25)26)11-15-4-3-13-9-16(27-2)6-7-17(13)21(15)14-5-8-18(22)19(23)10-14;/h5-10,15,21H,3-4,11-12H2,1-2H3,(H,25,26);/q;+1/p-1/t15-,21+;/m1./s1. The average Bonchev–Trinajstić information content (AvgIpc) is 2.63. The van der Waals surface area contributed by atoms with Crippen LogP contribution in [-0.2, 0) is 11.2 Å². The molecule has 2 aromatic rings. The molecule has 2 aromatic carbocycles. The first-order valence-electron chi connectivity index (χ1n) is 8.89. The number of methoxy groups -OCH3 is 1. The average molecular weight is 381 g/mol. The Morgan fingerprint density at radius 2 is 1.96 bits per heavy atom. The number of aliphatic carboxylic acids is 1. The van der Waals surface area contributed by atoms with Crippen LogP contribution in [0.5, 0.6) is 5.75 Å². The van der Waals surface area contributed by atoms with Crippen molar-refractivity contribution in [3.63, 3.8) is 0 Å². The van der Waals surface area contributed by atoms with Gasteiger partial charge >= 0.3 is 18.9 Å². The molecule has 144 valence electrons. The third kappa shape index (κ3) is 4.94. The Hall–Kier alpha value is -1.87. The van der Waals surface area contributed by atoms with Gasteiger partial charge in [-0.25, -0.2) is 8.78 Å². The maximum absolute atomic E-state index is 13.9. The first-order chi connectivity index (χ1) is 12.9. The van der Waals surface area contributed by atoms with Crippen molar-refractivity contribution in [1.29, 1.82) is 0 Å². The monoisotopic (exact) mass is 381 g/mol. The summed E-state index contributed by atoms with van der Waals surface area (Å²) < 4.78 is 32.6. The number of nitrogens with zero attached hydrogens (tertiary/aromatic N) is 1. The topological polar surface area (TPSA) is 52.6 Å². The Balaban J connectivity index is 0.00000280. The van der Waals surface area contributed by atoms with Gasteiger partial charge in [-0.3, -0.25) is 0 Å². The summed E-state index contributed by atoms with van der Waals surface area (Å²) in [5.74, 6) is -2.22. The summed E-state index contributed by atoms with van der Waals surface area (Å²) in [5.41, 5.74) is 2.84. The van der Waals surface area contributed by atoms with Crippen LogP contribution in [0.1, 0.15) is 29.0 Å². The molecule has 3 rings (SSSR count). The molecule has 0 bridgehead atoms. The van der Waals surface area contributed by atoms with Gasteiger partial charge in [-0.15, -0.1) is 0 Å². The molecule has 2 atom stereocenters. The van der Waals surface area contributed by atoms with Crippen LogP contribution in [0.15, 0.2) is 36.4 Å². The van der Waals surface area contributed by atoms with Gasteiger partial charge in [0.2, 0.25) is 0 Å². The minimum atomic E-state index is -1.14. The number of hydrogen-bond donors (Lipinski definition) is 0. The fourth-order valence-electron chi connectivity index (χ4n) is 4.03. The van der Waals surface area contributed by atoms with Crippen molar-refractivity contribution in [2.75, 3.05) is 27.2 Å². The Morgan fingerprint density at radius 3 is 2.61 bits per heavy atom. The van der Waals surface area contributed by atoms with E-state index in [0.29, 0.717) is 12.1 Å². The molecule has 7 heteroatoms. The molecule has 0 fully saturated rings. The number of aryl methyl sites for hydroxylation is 1. The Kier molecular flexibility index (Phi) is 7.65. The van der Waals surface area contributed by atoms with Gasteiger partial charge in [0, 0.05) is 19.0 Å². The van der Waals surface area contributed by atoms with Crippen molar-refractivity contribution >= 4 is 5.97 Å². The van der Waals surface area contributed by atoms with E-state index in [9.17, 15) is 18.7 Å². The normalized spacial score (nSPS) is 18.3. The second-order valence-corrected chi connectivity index (χ2v) is 7.08. The van der Waals surface area contributed by atoms with E-state index >= 15 is 0 Å². The number of fused-ring (bicyclic) bond motifs is 1. The number of carboxylic acid groups (broad SMARTS) is 1. The van der Waals surface area contributed by atoms with Gasteiger partial charge in [-0.1, -0.05) is 12.1 Å². The van der Waals surface area contributed by atoms with E-state index in [4.69, 9.17) is 4.74 Å². The predicted octanol–water partition coefficient (Wildman–Crippen LogP) is -0.647. The predicted molar refractivity (Wildman–Crippen MR) is 95.5 cm³/mol. The van der Waals surface area contributed by atoms with E-state index in [0.717, 1.165) is 35.8 Å². The van der Waals surface area contributed by atoms with Crippen LogP contribution >= 0.6 is 0 Å². The first kappa shape index (κ1) is 22.4. The smallest absolute Gasteiger partial charge is 0.549 e. The second-order valence-electron chi connectivity index (χ2n) is 7.08. The van der Waals surface area contributed by atoms with Crippen molar-refractivity contribution < 1.29 is 42.3 Å². The number of ether oxygens (including phenoxy) is 1. The van der Waals surface area contributed by atoms with Crippen molar-refractivity contribution in [2.24, 2.45) is 5.92 Å². The molecule has 0 saturated carbocycles. The van der Waals surface area contributed by atoms with Gasteiger partial charge in [0.1, 0.15) is 5.75 Å². The molecule has 0 N–H and O–H groups in total. The summed E-state index contributed by atoms with van der Waals surface area (Å²) in [6, 6.07) is 9.79. The Morgan fingerprint density at radius 1 is 1.21 bits per heavy atom. The third-order valence-electron chi connectivity index (χ3n) is 5.19. The van der Waals surface area contributed by atoms with Crippen molar-refractivity contribution in [2.45, 2.75) is 18.8 Å². The molecular weight excluding hydrogens is 359 g/mol. The zero-order valence-corrected chi connectivity index (χ0v) is 16.4. The third-order valence-corrected chi connectivity index (χ3v) is 5.19. The van der Waals surface area contributed by atoms with Crippen LogP contribution in [0.3, 0.4) is 0 Å². The van der Waals surface area contributed by atoms with Gasteiger partial charge in [0.15, 0.2) is 11.6 Å². The molecule has 1 aliphatic rings. The summed E-state index contributed by atoms with van der Waals surface area (Å²) in [5, 5.41) is 10.9. The van der Waals surface area contributed by atoms with Gasteiger partial charge in [0.25, 0.3) is 0 Å². The van der Waals surface area contributed by atoms with Crippen LogP contribution in [0.2, 0.25) is 0 Å². The van der Waals surface area contributed by atoms with Crippen LogP contribution in [0, 0.1) is 17.6 Å². The van der Waals surface area contributed by atoms with Gasteiger partial charge < -0.3 is 19.5 Å². The quantitative estimate of drug-likeness (QED) is 0.625. The number of carbonyl (C=O) groups is 1. The second kappa shape index (κ2) is 9.55. The van der Waals surface area contributed by atoms with E-state index in [1.807, 2.05) is 18.2 Å². The van der Waals surface area contributed by atoms with Crippen molar-refractivity contribution in [3.05, 3.63) is 64.7 Å². The van der Waals surface area contributed by atoms with E-state index in [-0.39, 0.29) is 37.2 Å². The van der Waals surface area contributed by atoms with Crippen molar-refractivity contribution in [1.82, 2.24) is 4.90 Å². The number of likely N-dealkylation sites (N-methyl/N-ethyl adjacent to an activating group) is 1. The van der Waals surface area contributed by atoms with Crippen LogP contribution < -0.4 is 28.7 Å². The number of carbonyl (C=O) groups excluding carboxylic acids is 1. The molecule has 0 amide bonds. The summed E-state index contributed by atoms with van der Waals surface area (Å²) in [6.07, 6.45) is 1.62. The summed E-state index contributed by atoms with van der Waals surface area (Å²) in [7, 11) is 3.33. The fourth-order valence-corrected chi connectivity index (χ4v) is 4.03. The summed E-state index contributed by atoms with van der Waals surface area (Å²) >= 11 is 0. The molecule has 0 heterocycles. The number of rotatable bonds is 6. The van der Waals surface area contributed by atoms with E-state index in [2.05, 4.69) is 0 Å². The summed E-state index contributed by atoms with van der Waals surface area (Å²) in [6.45, 7) is 0.347. The zero-order chi connectivity index (χ0) is 19.6. The number of halogens is 2. The van der Waals surface area contributed by atoms with E-state index in [1.54, 1.807) is 25.1 Å². The molecule has 1 aliphatic carbocycles. The number of benzene rings is 2. The molecule has 28 heavy (non-hydrogen) atoms. The zero-order valence-electron chi connectivity index (χ0n) is 16.4. The first-order valence-corrected chi connectivity index (χ1v) is 8.89. The van der Waals surface area contributed by atoms with Gasteiger partial charge in [-0.2, -0.15) is 0 Å². The minimum absolute atomic E-state index is 0. The van der Waals surface area contributed by atoms with Gasteiger partial charge in [0.05, 0.1) is 13.1 Å². The molecule has 0 radical (unpaired) electrons. The number of carboxylic acids is 1. The largest absolute Gasteiger partial charge is 1.00 e. The maximum Gasteiger partial charge on any atom is 1.00 e. The van der Waals surface area contributed by atoms with Crippen LogP contribution in [0.25, 0.3) is 0 Å². The van der Waals surface area contributed by atoms with E-state index in [1.165, 1.54) is 6.07 Å². The SMILES string of the molecule is COc1ccc2c(c1)CC[C@H](CN(C)CC(=O)[O-])[C@@H]2c1ccc(F)c(F)c1.[Li+]. The van der Waals surface area contributed by atoms with Crippen LogP contribution in [-0.4, -0.2) is 38.1 Å². The van der Waals surface area contributed by atoms with E-state index < -0.39 is 17.6 Å². The number of hydrogen-bond acceptors (Lipinski definition) is 4. The molecule has 0 spiro atoms. The fraction of sp³-hybridized carbons (Fsp3) is 0.381. The van der Waals surface area contributed by atoms with Crippen molar-refractivity contribution in [3.8, 4) is 5.75 Å². The molecule has 0 aromatic heterocycles.